The van der Waals surface area contributed by atoms with Crippen LogP contribution in [0.2, 0.25) is 0 Å². The maximum Gasteiger partial charge on any atom is 0.230 e. The fourth-order valence-corrected chi connectivity index (χ4v) is 2.98. The molecular weight excluding hydrogens is 292 g/mol. The number of carbonyl (C=O) groups is 1. The van der Waals surface area contributed by atoms with E-state index in [-0.39, 0.29) is 17.3 Å². The lowest BCUT2D eigenvalue weighted by atomic mass is 9.97. The molecule has 0 bridgehead atoms. The quantitative estimate of drug-likeness (QED) is 0.944. The molecule has 1 amide bonds. The molecule has 1 aliphatic heterocycles. The van der Waals surface area contributed by atoms with Crippen molar-refractivity contribution >= 4 is 5.91 Å². The molecule has 0 aliphatic carbocycles. The molecule has 23 heavy (non-hydrogen) atoms. The number of aromatic amines is 1. The maximum atomic E-state index is 12.8. The predicted octanol–water partition coefficient (Wildman–Crippen LogP) is 2.07. The summed E-state index contributed by atoms with van der Waals surface area (Å²) in [5.41, 5.74) is 2.55. The highest BCUT2D eigenvalue weighted by Gasteiger charge is 2.27. The molecule has 3 rings (SSSR count). The third kappa shape index (κ3) is 2.99. The SMILES string of the molecule is COc1cccc(C(C)C(=O)N2CCc3[nH]ccc(=O)c3C2)c1. The number of H-pyrrole nitrogens is 1. The lowest BCUT2D eigenvalue weighted by molar-refractivity contribution is -0.133. The number of aromatic nitrogens is 1. The highest BCUT2D eigenvalue weighted by atomic mass is 16.5. The van der Waals surface area contributed by atoms with Gasteiger partial charge < -0.3 is 14.6 Å². The molecule has 1 N–H and O–H groups in total. The Kier molecular flexibility index (Phi) is 4.19. The first-order valence-electron chi connectivity index (χ1n) is 7.72. The van der Waals surface area contributed by atoms with Gasteiger partial charge in [0.2, 0.25) is 5.91 Å². The number of benzene rings is 1. The fourth-order valence-electron chi connectivity index (χ4n) is 2.98. The van der Waals surface area contributed by atoms with Crippen LogP contribution in [-0.4, -0.2) is 29.4 Å². The predicted molar refractivity (Wildman–Crippen MR) is 87.6 cm³/mol. The zero-order valence-corrected chi connectivity index (χ0v) is 13.3. The molecule has 5 heteroatoms. The molecule has 0 saturated carbocycles. The molecule has 0 spiro atoms. The molecular formula is C18H20N2O3. The van der Waals surface area contributed by atoms with Crippen LogP contribution in [0.15, 0.2) is 41.3 Å². The van der Waals surface area contributed by atoms with E-state index in [2.05, 4.69) is 4.98 Å². The van der Waals surface area contributed by atoms with Crippen molar-refractivity contribution in [2.75, 3.05) is 13.7 Å². The van der Waals surface area contributed by atoms with E-state index in [9.17, 15) is 9.59 Å². The van der Waals surface area contributed by atoms with Gasteiger partial charge in [0, 0.05) is 36.5 Å². The number of fused-ring (bicyclic) bond motifs is 1. The van der Waals surface area contributed by atoms with Gasteiger partial charge in [-0.3, -0.25) is 9.59 Å². The molecule has 2 aromatic rings. The Hall–Kier alpha value is -2.56. The van der Waals surface area contributed by atoms with Crippen LogP contribution in [0.4, 0.5) is 0 Å². The maximum absolute atomic E-state index is 12.8. The van der Waals surface area contributed by atoms with E-state index in [4.69, 9.17) is 4.74 Å². The molecule has 0 radical (unpaired) electrons. The molecule has 5 nitrogen and oxygen atoms in total. The monoisotopic (exact) mass is 312 g/mol. The van der Waals surface area contributed by atoms with Crippen LogP contribution >= 0.6 is 0 Å². The van der Waals surface area contributed by atoms with Gasteiger partial charge in [0.05, 0.1) is 19.6 Å². The van der Waals surface area contributed by atoms with Crippen molar-refractivity contribution in [3.63, 3.8) is 0 Å². The minimum atomic E-state index is -0.269. The number of hydrogen-bond acceptors (Lipinski definition) is 3. The normalized spacial score (nSPS) is 15.0. The first-order chi connectivity index (χ1) is 11.1. The fraction of sp³-hybridized carbons (Fsp3) is 0.333. The lowest BCUT2D eigenvalue weighted by Gasteiger charge is -2.30. The topological polar surface area (TPSA) is 62.4 Å². The molecule has 1 aromatic heterocycles. The average molecular weight is 312 g/mol. The van der Waals surface area contributed by atoms with Crippen molar-refractivity contribution in [3.8, 4) is 5.75 Å². The van der Waals surface area contributed by atoms with Gasteiger partial charge >= 0.3 is 0 Å². The van der Waals surface area contributed by atoms with Crippen LogP contribution < -0.4 is 10.2 Å². The van der Waals surface area contributed by atoms with Gasteiger partial charge in [-0.15, -0.1) is 0 Å². The van der Waals surface area contributed by atoms with Gasteiger partial charge in [-0.25, -0.2) is 0 Å². The second kappa shape index (κ2) is 6.28. The Balaban J connectivity index is 1.81. The summed E-state index contributed by atoms with van der Waals surface area (Å²) in [7, 11) is 1.61. The summed E-state index contributed by atoms with van der Waals surface area (Å²) in [5, 5.41) is 0. The van der Waals surface area contributed by atoms with E-state index in [1.54, 1.807) is 18.2 Å². The number of rotatable bonds is 3. The van der Waals surface area contributed by atoms with Crippen LogP contribution in [0.25, 0.3) is 0 Å². The Labute approximate surface area is 134 Å². The first kappa shape index (κ1) is 15.3. The van der Waals surface area contributed by atoms with Gasteiger partial charge in [-0.2, -0.15) is 0 Å². The zero-order chi connectivity index (χ0) is 16.4. The summed E-state index contributed by atoms with van der Waals surface area (Å²) in [6, 6.07) is 9.06. The van der Waals surface area contributed by atoms with E-state index in [0.29, 0.717) is 25.1 Å². The number of ether oxygens (including phenoxy) is 1. The molecule has 1 aromatic carbocycles. The van der Waals surface area contributed by atoms with Gasteiger partial charge in [-0.05, 0) is 24.6 Å². The van der Waals surface area contributed by atoms with Crippen LogP contribution in [0, 0.1) is 0 Å². The third-order valence-electron chi connectivity index (χ3n) is 4.41. The molecule has 1 unspecified atom stereocenters. The van der Waals surface area contributed by atoms with Crippen molar-refractivity contribution in [2.24, 2.45) is 0 Å². The van der Waals surface area contributed by atoms with Crippen molar-refractivity contribution < 1.29 is 9.53 Å². The number of nitrogens with zero attached hydrogens (tertiary/aromatic N) is 1. The smallest absolute Gasteiger partial charge is 0.230 e. The molecule has 0 fully saturated rings. The van der Waals surface area contributed by atoms with E-state index in [1.165, 1.54) is 6.07 Å². The van der Waals surface area contributed by atoms with Crippen LogP contribution in [0.3, 0.4) is 0 Å². The Bertz CT molecular complexity index is 782. The summed E-state index contributed by atoms with van der Waals surface area (Å²) in [4.78, 5) is 29.6. The Morgan fingerprint density at radius 3 is 2.96 bits per heavy atom. The van der Waals surface area contributed by atoms with E-state index >= 15 is 0 Å². The van der Waals surface area contributed by atoms with E-state index in [1.807, 2.05) is 31.2 Å². The van der Waals surface area contributed by atoms with E-state index in [0.717, 1.165) is 17.0 Å². The standard InChI is InChI=1S/C18H20N2O3/c1-12(13-4-3-5-14(10-13)23-2)18(22)20-9-7-16-15(11-20)17(21)6-8-19-16/h3-6,8,10,12H,7,9,11H2,1-2H3,(H,19,21). The Morgan fingerprint density at radius 2 is 2.17 bits per heavy atom. The molecule has 1 aliphatic rings. The largest absolute Gasteiger partial charge is 0.497 e. The van der Waals surface area contributed by atoms with Crippen molar-refractivity contribution in [1.29, 1.82) is 0 Å². The van der Waals surface area contributed by atoms with Crippen molar-refractivity contribution in [3.05, 3.63) is 63.6 Å². The van der Waals surface area contributed by atoms with Crippen molar-refractivity contribution in [2.45, 2.75) is 25.8 Å². The number of amides is 1. The van der Waals surface area contributed by atoms with Crippen LogP contribution in [0.5, 0.6) is 5.75 Å². The highest BCUT2D eigenvalue weighted by Crippen LogP contribution is 2.24. The first-order valence-corrected chi connectivity index (χ1v) is 7.72. The van der Waals surface area contributed by atoms with Crippen LogP contribution in [-0.2, 0) is 17.8 Å². The van der Waals surface area contributed by atoms with Gasteiger partial charge in [0.1, 0.15) is 5.75 Å². The summed E-state index contributed by atoms with van der Waals surface area (Å²) in [6.45, 7) is 2.89. The minimum absolute atomic E-state index is 0.00900. The number of nitrogens with one attached hydrogen (secondary N) is 1. The third-order valence-corrected chi connectivity index (χ3v) is 4.41. The second-order valence-electron chi connectivity index (χ2n) is 5.81. The number of methoxy groups -OCH3 is 1. The average Bonchev–Trinajstić information content (AvgIpc) is 2.60. The minimum Gasteiger partial charge on any atom is -0.497 e. The zero-order valence-electron chi connectivity index (χ0n) is 13.3. The molecule has 2 heterocycles. The second-order valence-corrected chi connectivity index (χ2v) is 5.81. The summed E-state index contributed by atoms with van der Waals surface area (Å²) in [5.74, 6) is 0.504. The highest BCUT2D eigenvalue weighted by molar-refractivity contribution is 5.83. The number of pyridine rings is 1. The van der Waals surface area contributed by atoms with Gasteiger partial charge in [-0.1, -0.05) is 12.1 Å². The number of hydrogen-bond donors (Lipinski definition) is 1. The molecule has 1 atom stereocenters. The molecule has 120 valence electrons. The van der Waals surface area contributed by atoms with Gasteiger partial charge in [0.15, 0.2) is 5.43 Å². The summed E-state index contributed by atoms with van der Waals surface area (Å²) >= 11 is 0. The number of carbonyl (C=O) groups excluding carboxylic acids is 1. The Morgan fingerprint density at radius 1 is 1.35 bits per heavy atom. The lowest BCUT2D eigenvalue weighted by Crippen LogP contribution is -2.40. The van der Waals surface area contributed by atoms with E-state index < -0.39 is 0 Å². The van der Waals surface area contributed by atoms with Crippen molar-refractivity contribution in [1.82, 2.24) is 9.88 Å². The van der Waals surface area contributed by atoms with Gasteiger partial charge in [0.25, 0.3) is 0 Å². The summed E-state index contributed by atoms with van der Waals surface area (Å²) < 4.78 is 5.22. The summed E-state index contributed by atoms with van der Waals surface area (Å²) in [6.07, 6.45) is 2.35. The van der Waals surface area contributed by atoms with Crippen LogP contribution in [0.1, 0.15) is 29.7 Å². The molecule has 0 saturated heterocycles.